The third-order valence-electron chi connectivity index (χ3n) is 3.83. The summed E-state index contributed by atoms with van der Waals surface area (Å²) in [6, 6.07) is 20.2. The summed E-state index contributed by atoms with van der Waals surface area (Å²) in [6.45, 7) is 0. The molecule has 3 rings (SSSR count). The van der Waals surface area contributed by atoms with Gasteiger partial charge in [-0.05, 0) is 17.4 Å². The van der Waals surface area contributed by atoms with Gasteiger partial charge in [-0.3, -0.25) is 4.79 Å². The van der Waals surface area contributed by atoms with Crippen LogP contribution in [0.4, 0.5) is 0 Å². The van der Waals surface area contributed by atoms with Crippen LogP contribution in [0.25, 0.3) is 0 Å². The van der Waals surface area contributed by atoms with Gasteiger partial charge >= 0.3 is 0 Å². The average Bonchev–Trinajstić information content (AvgIpc) is 2.64. The fraction of sp³-hybridized carbons (Fsp3) is 0.200. The monoisotopic (exact) mass is 368 g/mol. The first-order chi connectivity index (χ1) is 12.3. The van der Waals surface area contributed by atoms with E-state index in [1.54, 1.807) is 23.5 Å². The van der Waals surface area contributed by atoms with Crippen molar-refractivity contribution in [2.45, 2.75) is 18.0 Å². The zero-order valence-corrected chi connectivity index (χ0v) is 15.7. The van der Waals surface area contributed by atoms with Crippen molar-refractivity contribution < 1.29 is 0 Å². The zero-order valence-electron chi connectivity index (χ0n) is 14.1. The molecule has 5 heteroatoms. The first-order valence-corrected chi connectivity index (χ1v) is 10.5. The fourth-order valence-electron chi connectivity index (χ4n) is 2.62. The number of hydrogen-bond acceptors (Lipinski definition) is 4. The van der Waals surface area contributed by atoms with Crippen molar-refractivity contribution in [2.75, 3.05) is 11.3 Å². The molecule has 0 saturated carbocycles. The van der Waals surface area contributed by atoms with Crippen LogP contribution in [0.3, 0.4) is 0 Å². The van der Waals surface area contributed by atoms with E-state index in [-0.39, 0.29) is 5.56 Å². The number of H-pyrrole nitrogens is 1. The number of hydrogen-bond donors (Lipinski definition) is 1. The summed E-state index contributed by atoms with van der Waals surface area (Å²) in [5, 5.41) is 1.56. The van der Waals surface area contributed by atoms with Crippen molar-refractivity contribution in [2.24, 2.45) is 0 Å². The van der Waals surface area contributed by atoms with E-state index >= 15 is 0 Å². The number of rotatable bonds is 7. The van der Waals surface area contributed by atoms with E-state index in [4.69, 9.17) is 4.98 Å². The molecule has 0 bridgehead atoms. The fourth-order valence-corrected chi connectivity index (χ4v) is 3.88. The summed E-state index contributed by atoms with van der Waals surface area (Å²) in [5.74, 6) is 0. The molecule has 128 valence electrons. The Balaban J connectivity index is 1.97. The smallest absolute Gasteiger partial charge is 0.255 e. The molecule has 0 fully saturated rings. The lowest BCUT2D eigenvalue weighted by atomic mass is 10.0. The lowest BCUT2D eigenvalue weighted by molar-refractivity contribution is 0.843. The second-order valence-electron chi connectivity index (χ2n) is 5.67. The van der Waals surface area contributed by atoms with Crippen LogP contribution in [0.2, 0.25) is 0 Å². The first-order valence-electron chi connectivity index (χ1n) is 8.08. The number of nitrogens with one attached hydrogen (secondary N) is 1. The molecular formula is C20H20N2OS2. The van der Waals surface area contributed by atoms with Crippen molar-refractivity contribution >= 4 is 23.5 Å². The van der Waals surface area contributed by atoms with E-state index in [0.717, 1.165) is 27.5 Å². The Labute approximate surface area is 156 Å². The Morgan fingerprint density at radius 1 is 0.920 bits per heavy atom. The summed E-state index contributed by atoms with van der Waals surface area (Å²) in [4.78, 5) is 20.4. The number of nitrogens with zero attached hydrogens (tertiary/aromatic N) is 1. The van der Waals surface area contributed by atoms with Gasteiger partial charge in [0.2, 0.25) is 0 Å². The van der Waals surface area contributed by atoms with Crippen molar-refractivity contribution in [1.82, 2.24) is 9.97 Å². The predicted molar refractivity (Wildman–Crippen MR) is 108 cm³/mol. The minimum atomic E-state index is -0.0339. The maximum absolute atomic E-state index is 12.7. The summed E-state index contributed by atoms with van der Waals surface area (Å²) in [7, 11) is 0. The minimum Gasteiger partial charge on any atom is -0.301 e. The van der Waals surface area contributed by atoms with E-state index in [0.29, 0.717) is 18.0 Å². The highest BCUT2D eigenvalue weighted by molar-refractivity contribution is 8.15. The van der Waals surface area contributed by atoms with Crippen molar-refractivity contribution in [3.05, 3.63) is 93.4 Å². The molecule has 0 aliphatic carbocycles. The summed E-state index contributed by atoms with van der Waals surface area (Å²) >= 11 is 3.29. The SMILES string of the molecule is CSCSc1nc(Cc2ccccc2)c(Cc2ccccc2)c(=O)[nH]1. The Morgan fingerprint density at radius 2 is 1.52 bits per heavy atom. The second-order valence-corrected chi connectivity index (χ2v) is 7.87. The van der Waals surface area contributed by atoms with Crippen LogP contribution in [0.1, 0.15) is 22.4 Å². The zero-order chi connectivity index (χ0) is 17.5. The molecule has 0 aliphatic rings. The summed E-state index contributed by atoms with van der Waals surface area (Å²) < 4.78 is 0. The van der Waals surface area contributed by atoms with Gasteiger partial charge in [-0.2, -0.15) is 11.8 Å². The van der Waals surface area contributed by atoms with Crippen LogP contribution in [-0.2, 0) is 12.8 Å². The van der Waals surface area contributed by atoms with Crippen LogP contribution < -0.4 is 5.56 Å². The predicted octanol–water partition coefficient (Wildman–Crippen LogP) is 4.36. The van der Waals surface area contributed by atoms with E-state index in [1.165, 1.54) is 0 Å². The average molecular weight is 369 g/mol. The van der Waals surface area contributed by atoms with Gasteiger partial charge in [0.15, 0.2) is 5.16 Å². The molecule has 3 nitrogen and oxygen atoms in total. The Kier molecular flexibility index (Phi) is 6.36. The van der Waals surface area contributed by atoms with Gasteiger partial charge in [-0.15, -0.1) is 0 Å². The minimum absolute atomic E-state index is 0.0339. The van der Waals surface area contributed by atoms with Gasteiger partial charge in [0.25, 0.3) is 5.56 Å². The topological polar surface area (TPSA) is 45.8 Å². The van der Waals surface area contributed by atoms with Crippen molar-refractivity contribution in [3.63, 3.8) is 0 Å². The van der Waals surface area contributed by atoms with Gasteiger partial charge in [-0.25, -0.2) is 4.98 Å². The highest BCUT2D eigenvalue weighted by Gasteiger charge is 2.13. The maximum Gasteiger partial charge on any atom is 0.255 e. The number of benzene rings is 2. The van der Waals surface area contributed by atoms with E-state index in [1.807, 2.05) is 54.8 Å². The van der Waals surface area contributed by atoms with Gasteiger partial charge in [0.1, 0.15) is 0 Å². The molecule has 0 amide bonds. The van der Waals surface area contributed by atoms with Crippen molar-refractivity contribution in [3.8, 4) is 0 Å². The third kappa shape index (κ3) is 5.00. The van der Waals surface area contributed by atoms with Gasteiger partial charge < -0.3 is 4.98 Å². The van der Waals surface area contributed by atoms with Crippen LogP contribution in [0.5, 0.6) is 0 Å². The molecule has 0 unspecified atom stereocenters. The molecule has 0 spiro atoms. The van der Waals surface area contributed by atoms with Crippen molar-refractivity contribution in [1.29, 1.82) is 0 Å². The van der Waals surface area contributed by atoms with Crippen LogP contribution in [0, 0.1) is 0 Å². The lowest BCUT2D eigenvalue weighted by Gasteiger charge is -2.10. The molecule has 0 atom stereocenters. The highest BCUT2D eigenvalue weighted by atomic mass is 32.2. The van der Waals surface area contributed by atoms with Crippen LogP contribution in [-0.4, -0.2) is 21.3 Å². The maximum atomic E-state index is 12.7. The molecule has 0 radical (unpaired) electrons. The van der Waals surface area contributed by atoms with Gasteiger partial charge in [0, 0.05) is 23.5 Å². The Morgan fingerprint density at radius 3 is 2.12 bits per heavy atom. The lowest BCUT2D eigenvalue weighted by Crippen LogP contribution is -2.19. The Bertz CT molecular complexity index is 864. The largest absolute Gasteiger partial charge is 0.301 e. The van der Waals surface area contributed by atoms with E-state index in [9.17, 15) is 4.79 Å². The molecule has 3 aromatic rings. The van der Waals surface area contributed by atoms with Crippen LogP contribution >= 0.6 is 23.5 Å². The quantitative estimate of drug-likeness (QED) is 0.382. The molecule has 1 aromatic heterocycles. The standard InChI is InChI=1S/C20H20N2OS2/c1-24-14-25-20-21-18(13-16-10-6-3-7-11-16)17(19(23)22-20)12-15-8-4-2-5-9-15/h2-11H,12-14H2,1H3,(H,21,22,23). The molecule has 1 heterocycles. The van der Waals surface area contributed by atoms with Crippen LogP contribution in [0.15, 0.2) is 70.6 Å². The van der Waals surface area contributed by atoms with E-state index < -0.39 is 0 Å². The molecule has 0 aliphatic heterocycles. The molecule has 2 aromatic carbocycles. The number of thioether (sulfide) groups is 2. The number of aromatic amines is 1. The Hall–Kier alpha value is -1.98. The van der Waals surface area contributed by atoms with Gasteiger partial charge in [0.05, 0.1) is 5.69 Å². The second kappa shape index (κ2) is 8.92. The number of aromatic nitrogens is 2. The first kappa shape index (κ1) is 17.8. The normalized spacial score (nSPS) is 10.8. The summed E-state index contributed by atoms with van der Waals surface area (Å²) in [6.07, 6.45) is 3.30. The molecule has 25 heavy (non-hydrogen) atoms. The van der Waals surface area contributed by atoms with E-state index in [2.05, 4.69) is 17.1 Å². The van der Waals surface area contributed by atoms with Gasteiger partial charge in [-0.1, -0.05) is 72.4 Å². The highest BCUT2D eigenvalue weighted by Crippen LogP contribution is 2.20. The third-order valence-corrected chi connectivity index (χ3v) is 5.71. The summed E-state index contributed by atoms with van der Waals surface area (Å²) in [5.41, 5.74) is 3.86. The molecular weight excluding hydrogens is 348 g/mol. The molecule has 0 saturated heterocycles. The molecule has 1 N–H and O–H groups in total.